The molecular weight excluding hydrogens is 208 g/mol. The summed E-state index contributed by atoms with van der Waals surface area (Å²) in [6.07, 6.45) is 1.05. The molecule has 0 fully saturated rings. The molecule has 0 saturated heterocycles. The van der Waals surface area contributed by atoms with Crippen LogP contribution in [-0.4, -0.2) is 42.7 Å². The number of hydrogen-bond acceptors (Lipinski definition) is 3. The average Bonchev–Trinajstić information content (AvgIpc) is 2.13. The minimum Gasteiger partial charge on any atom is -0.393 e. The van der Waals surface area contributed by atoms with Crippen molar-refractivity contribution in [3.63, 3.8) is 0 Å². The highest BCUT2D eigenvalue weighted by atomic mass is 32.1. The van der Waals surface area contributed by atoms with Crippen molar-refractivity contribution in [2.24, 2.45) is 11.7 Å². The Kier molecular flexibility index (Phi) is 7.92. The van der Waals surface area contributed by atoms with Crippen molar-refractivity contribution in [2.75, 3.05) is 26.7 Å². The molecule has 1 atom stereocenters. The van der Waals surface area contributed by atoms with E-state index < -0.39 is 0 Å². The molecule has 4 heteroatoms. The van der Waals surface area contributed by atoms with Gasteiger partial charge in [-0.3, -0.25) is 0 Å². The third kappa shape index (κ3) is 8.78. The topological polar surface area (TPSA) is 38.5 Å². The molecule has 0 aromatic rings. The number of thiocarbonyl (C=S) groups is 1. The molecule has 0 aromatic heterocycles. The molecule has 0 aliphatic heterocycles. The maximum atomic E-state index is 5.51. The molecule has 0 rings (SSSR count). The summed E-state index contributed by atoms with van der Waals surface area (Å²) in [5.74, 6) is 0.653. The molecule has 15 heavy (non-hydrogen) atoms. The summed E-state index contributed by atoms with van der Waals surface area (Å²) in [5.41, 5.74) is 5.51. The van der Waals surface area contributed by atoms with Crippen molar-refractivity contribution in [3.05, 3.63) is 0 Å². The van der Waals surface area contributed by atoms with E-state index in [2.05, 4.69) is 25.7 Å². The van der Waals surface area contributed by atoms with Crippen LogP contribution >= 0.6 is 12.2 Å². The molecule has 0 amide bonds. The van der Waals surface area contributed by atoms with Crippen LogP contribution in [-0.2, 0) is 4.74 Å². The highest BCUT2D eigenvalue weighted by molar-refractivity contribution is 7.80. The average molecular weight is 232 g/mol. The highest BCUT2D eigenvalue weighted by Crippen LogP contribution is 2.03. The molecule has 1 unspecified atom stereocenters. The normalized spacial score (nSPS) is 13.5. The van der Waals surface area contributed by atoms with Crippen LogP contribution in [0, 0.1) is 5.92 Å². The van der Waals surface area contributed by atoms with Crippen LogP contribution in [0.3, 0.4) is 0 Å². The molecule has 0 heterocycles. The SMILES string of the molecule is COC(C)CN(CCC(N)=S)CC(C)C. The van der Waals surface area contributed by atoms with Crippen LogP contribution in [0.1, 0.15) is 27.2 Å². The van der Waals surface area contributed by atoms with E-state index in [-0.39, 0.29) is 6.10 Å². The first kappa shape index (κ1) is 14.8. The van der Waals surface area contributed by atoms with Crippen molar-refractivity contribution < 1.29 is 4.74 Å². The van der Waals surface area contributed by atoms with Crippen LogP contribution in [0.25, 0.3) is 0 Å². The number of nitrogens with zero attached hydrogens (tertiary/aromatic N) is 1. The third-order valence-electron chi connectivity index (χ3n) is 2.22. The van der Waals surface area contributed by atoms with E-state index in [9.17, 15) is 0 Å². The fourth-order valence-electron chi connectivity index (χ4n) is 1.48. The smallest absolute Gasteiger partial charge is 0.0740 e. The quantitative estimate of drug-likeness (QED) is 0.646. The summed E-state index contributed by atoms with van der Waals surface area (Å²) in [6.45, 7) is 9.44. The zero-order valence-electron chi connectivity index (χ0n) is 10.3. The fourth-order valence-corrected chi connectivity index (χ4v) is 1.57. The fraction of sp³-hybridized carbons (Fsp3) is 0.909. The van der Waals surface area contributed by atoms with Gasteiger partial charge in [-0.25, -0.2) is 0 Å². The summed E-state index contributed by atoms with van der Waals surface area (Å²) in [5, 5.41) is 0. The summed E-state index contributed by atoms with van der Waals surface area (Å²) < 4.78 is 5.26. The van der Waals surface area contributed by atoms with E-state index in [0.717, 1.165) is 26.1 Å². The van der Waals surface area contributed by atoms with Gasteiger partial charge in [-0.15, -0.1) is 0 Å². The lowest BCUT2D eigenvalue weighted by molar-refractivity contribution is 0.0738. The van der Waals surface area contributed by atoms with Gasteiger partial charge < -0.3 is 15.4 Å². The number of rotatable bonds is 8. The molecule has 0 spiro atoms. The first-order chi connectivity index (χ1) is 6.95. The molecule has 2 N–H and O–H groups in total. The second-order valence-electron chi connectivity index (χ2n) is 4.42. The van der Waals surface area contributed by atoms with Gasteiger partial charge in [0.25, 0.3) is 0 Å². The largest absolute Gasteiger partial charge is 0.393 e. The monoisotopic (exact) mass is 232 g/mol. The Balaban J connectivity index is 3.99. The molecule has 0 saturated carbocycles. The lowest BCUT2D eigenvalue weighted by Gasteiger charge is -2.26. The van der Waals surface area contributed by atoms with Gasteiger partial charge in [-0.05, 0) is 12.8 Å². The summed E-state index contributed by atoms with van der Waals surface area (Å²) in [6, 6.07) is 0. The minimum absolute atomic E-state index is 0.259. The van der Waals surface area contributed by atoms with Gasteiger partial charge in [-0.1, -0.05) is 26.1 Å². The zero-order valence-corrected chi connectivity index (χ0v) is 11.1. The van der Waals surface area contributed by atoms with E-state index in [1.165, 1.54) is 0 Å². The lowest BCUT2D eigenvalue weighted by Crippen LogP contribution is -2.36. The van der Waals surface area contributed by atoms with Gasteiger partial charge in [-0.2, -0.15) is 0 Å². The van der Waals surface area contributed by atoms with Crippen molar-refractivity contribution in [3.8, 4) is 0 Å². The van der Waals surface area contributed by atoms with Crippen molar-refractivity contribution in [1.82, 2.24) is 4.90 Å². The van der Waals surface area contributed by atoms with Crippen LogP contribution in [0.4, 0.5) is 0 Å². The van der Waals surface area contributed by atoms with Gasteiger partial charge in [0.05, 0.1) is 11.1 Å². The van der Waals surface area contributed by atoms with Gasteiger partial charge >= 0.3 is 0 Å². The Labute approximate surface area is 99.0 Å². The second-order valence-corrected chi connectivity index (χ2v) is 4.94. The van der Waals surface area contributed by atoms with E-state index in [0.29, 0.717) is 10.9 Å². The maximum absolute atomic E-state index is 5.51. The molecule has 0 aliphatic carbocycles. The van der Waals surface area contributed by atoms with Gasteiger partial charge in [0.2, 0.25) is 0 Å². The van der Waals surface area contributed by atoms with Gasteiger partial charge in [0.15, 0.2) is 0 Å². The molecule has 0 radical (unpaired) electrons. The summed E-state index contributed by atoms with van der Waals surface area (Å²) in [7, 11) is 1.74. The van der Waals surface area contributed by atoms with Crippen molar-refractivity contribution in [2.45, 2.75) is 33.3 Å². The van der Waals surface area contributed by atoms with E-state index in [4.69, 9.17) is 22.7 Å². The number of methoxy groups -OCH3 is 1. The first-order valence-corrected chi connectivity index (χ1v) is 5.90. The Morgan fingerprint density at radius 1 is 1.33 bits per heavy atom. The predicted molar refractivity (Wildman–Crippen MR) is 69.2 cm³/mol. The molecule has 3 nitrogen and oxygen atoms in total. The van der Waals surface area contributed by atoms with Crippen molar-refractivity contribution >= 4 is 17.2 Å². The molecule has 0 bridgehead atoms. The first-order valence-electron chi connectivity index (χ1n) is 5.49. The minimum atomic E-state index is 0.259. The molecular formula is C11H24N2OS. The standard InChI is InChI=1S/C11H24N2OS/c1-9(2)7-13(6-5-11(12)15)8-10(3)14-4/h9-10H,5-8H2,1-4H3,(H2,12,15). The van der Waals surface area contributed by atoms with Crippen LogP contribution < -0.4 is 5.73 Å². The molecule has 90 valence electrons. The Hall–Kier alpha value is -0.190. The van der Waals surface area contributed by atoms with Crippen LogP contribution in [0.15, 0.2) is 0 Å². The summed E-state index contributed by atoms with van der Waals surface area (Å²) >= 11 is 4.89. The second kappa shape index (κ2) is 8.02. The van der Waals surface area contributed by atoms with Gasteiger partial charge in [0.1, 0.15) is 0 Å². The van der Waals surface area contributed by atoms with Gasteiger partial charge in [0, 0.05) is 33.2 Å². The van der Waals surface area contributed by atoms with E-state index in [1.54, 1.807) is 7.11 Å². The lowest BCUT2D eigenvalue weighted by atomic mass is 10.2. The predicted octanol–water partition coefficient (Wildman–Crippen LogP) is 1.66. The Morgan fingerprint density at radius 3 is 2.33 bits per heavy atom. The molecule has 0 aromatic carbocycles. The Morgan fingerprint density at radius 2 is 1.93 bits per heavy atom. The van der Waals surface area contributed by atoms with Crippen LogP contribution in [0.5, 0.6) is 0 Å². The number of nitrogens with two attached hydrogens (primary N) is 1. The van der Waals surface area contributed by atoms with Crippen molar-refractivity contribution in [1.29, 1.82) is 0 Å². The summed E-state index contributed by atoms with van der Waals surface area (Å²) in [4.78, 5) is 2.95. The third-order valence-corrected chi connectivity index (χ3v) is 2.42. The number of ether oxygens (including phenoxy) is 1. The van der Waals surface area contributed by atoms with Crippen LogP contribution in [0.2, 0.25) is 0 Å². The van der Waals surface area contributed by atoms with E-state index >= 15 is 0 Å². The maximum Gasteiger partial charge on any atom is 0.0740 e. The number of hydrogen-bond donors (Lipinski definition) is 1. The Bertz CT molecular complexity index is 185. The molecule has 0 aliphatic rings. The highest BCUT2D eigenvalue weighted by Gasteiger charge is 2.11. The van der Waals surface area contributed by atoms with E-state index in [1.807, 2.05) is 0 Å². The zero-order chi connectivity index (χ0) is 11.8.